The normalized spacial score (nSPS) is 11.0. The zero-order valence-corrected chi connectivity index (χ0v) is 16.8. The molecule has 0 aliphatic rings. The van der Waals surface area contributed by atoms with Crippen LogP contribution in [0.3, 0.4) is 0 Å². The van der Waals surface area contributed by atoms with Gasteiger partial charge in [0.25, 0.3) is 5.91 Å². The highest BCUT2D eigenvalue weighted by atomic mass is 32.1. The summed E-state index contributed by atoms with van der Waals surface area (Å²) in [5, 5.41) is 4.97. The van der Waals surface area contributed by atoms with Gasteiger partial charge in [0.05, 0.1) is 17.7 Å². The molecule has 2 aromatic rings. The van der Waals surface area contributed by atoms with Gasteiger partial charge >= 0.3 is 6.18 Å². The third-order valence-electron chi connectivity index (χ3n) is 4.06. The van der Waals surface area contributed by atoms with E-state index in [1.807, 2.05) is 0 Å². The number of unbranched alkanes of at least 4 members (excludes halogenated alkanes) is 3. The van der Waals surface area contributed by atoms with Gasteiger partial charge in [-0.2, -0.15) is 13.2 Å². The Balaban J connectivity index is 1.97. The molecule has 156 valence electrons. The zero-order chi connectivity index (χ0) is 21.3. The van der Waals surface area contributed by atoms with E-state index in [0.29, 0.717) is 17.9 Å². The van der Waals surface area contributed by atoms with Crippen molar-refractivity contribution in [3.8, 4) is 5.75 Å². The summed E-state index contributed by atoms with van der Waals surface area (Å²) in [6, 6.07) is 11.3. The molecule has 0 aromatic heterocycles. The number of hydrogen-bond acceptors (Lipinski definition) is 3. The minimum atomic E-state index is -4.46. The Hall–Kier alpha value is -2.61. The van der Waals surface area contributed by atoms with Crippen molar-refractivity contribution in [2.45, 2.75) is 38.8 Å². The molecule has 0 heterocycles. The summed E-state index contributed by atoms with van der Waals surface area (Å²) in [6.45, 7) is 2.62. The Labute approximate surface area is 173 Å². The summed E-state index contributed by atoms with van der Waals surface area (Å²) in [4.78, 5) is 12.5. The summed E-state index contributed by atoms with van der Waals surface area (Å²) in [5.41, 5.74) is -0.375. The van der Waals surface area contributed by atoms with Crippen LogP contribution in [0, 0.1) is 0 Å². The van der Waals surface area contributed by atoms with Crippen LogP contribution < -0.4 is 15.4 Å². The quantitative estimate of drug-likeness (QED) is 0.416. The molecule has 29 heavy (non-hydrogen) atoms. The fourth-order valence-electron chi connectivity index (χ4n) is 2.60. The van der Waals surface area contributed by atoms with Crippen LogP contribution in [-0.2, 0) is 6.18 Å². The molecule has 0 aliphatic carbocycles. The van der Waals surface area contributed by atoms with Crippen molar-refractivity contribution in [3.05, 3.63) is 59.7 Å². The smallest absolute Gasteiger partial charge is 0.416 e. The third-order valence-corrected chi connectivity index (χ3v) is 4.27. The number of anilines is 1. The summed E-state index contributed by atoms with van der Waals surface area (Å²) in [7, 11) is 0. The number of halogens is 3. The van der Waals surface area contributed by atoms with Gasteiger partial charge in [-0.05, 0) is 49.0 Å². The number of carbonyl (C=O) groups is 1. The van der Waals surface area contributed by atoms with Crippen LogP contribution in [0.5, 0.6) is 5.75 Å². The van der Waals surface area contributed by atoms with E-state index in [-0.39, 0.29) is 10.8 Å². The summed E-state index contributed by atoms with van der Waals surface area (Å²) in [6.07, 6.45) is -0.276. The van der Waals surface area contributed by atoms with Gasteiger partial charge < -0.3 is 10.1 Å². The molecule has 2 N–H and O–H groups in total. The van der Waals surface area contributed by atoms with Gasteiger partial charge in [0.2, 0.25) is 0 Å². The van der Waals surface area contributed by atoms with E-state index in [0.717, 1.165) is 37.8 Å². The van der Waals surface area contributed by atoms with Gasteiger partial charge in [0, 0.05) is 5.69 Å². The maximum atomic E-state index is 12.8. The summed E-state index contributed by atoms with van der Waals surface area (Å²) < 4.78 is 44.1. The van der Waals surface area contributed by atoms with Crippen molar-refractivity contribution >= 4 is 28.9 Å². The Bertz CT molecular complexity index is 841. The Morgan fingerprint density at radius 1 is 1.07 bits per heavy atom. The molecule has 0 aliphatic heterocycles. The largest absolute Gasteiger partial charge is 0.493 e. The zero-order valence-electron chi connectivity index (χ0n) is 16.0. The molecule has 0 spiro atoms. The average molecular weight is 424 g/mol. The van der Waals surface area contributed by atoms with Crippen molar-refractivity contribution in [2.75, 3.05) is 11.9 Å². The molecule has 0 bridgehead atoms. The van der Waals surface area contributed by atoms with Crippen molar-refractivity contribution in [2.24, 2.45) is 0 Å². The SMILES string of the molecule is CCCCCCOc1ccccc1C(=O)NC(=S)Nc1cccc(C(F)(F)F)c1. The predicted molar refractivity (Wildman–Crippen MR) is 111 cm³/mol. The average Bonchev–Trinajstić information content (AvgIpc) is 2.67. The molecular formula is C21H23F3N2O2S. The lowest BCUT2D eigenvalue weighted by molar-refractivity contribution is -0.137. The van der Waals surface area contributed by atoms with Gasteiger partial charge in [-0.3, -0.25) is 10.1 Å². The van der Waals surface area contributed by atoms with E-state index in [4.69, 9.17) is 17.0 Å². The standard InChI is InChI=1S/C21H23F3N2O2S/c1-2-3-4-7-13-28-18-12-6-5-11-17(18)19(27)26-20(29)25-16-10-8-9-15(14-16)21(22,23)24/h5-6,8-12,14H,2-4,7,13H2,1H3,(H2,25,26,27,29). The van der Waals surface area contributed by atoms with Crippen LogP contribution in [0.15, 0.2) is 48.5 Å². The minimum Gasteiger partial charge on any atom is -0.493 e. The van der Waals surface area contributed by atoms with E-state index in [2.05, 4.69) is 17.6 Å². The van der Waals surface area contributed by atoms with Crippen LogP contribution in [0.4, 0.5) is 18.9 Å². The molecule has 0 saturated carbocycles. The molecule has 1 amide bonds. The number of benzene rings is 2. The van der Waals surface area contributed by atoms with Crippen LogP contribution >= 0.6 is 12.2 Å². The number of thiocarbonyl (C=S) groups is 1. The van der Waals surface area contributed by atoms with Crippen LogP contribution in [0.2, 0.25) is 0 Å². The van der Waals surface area contributed by atoms with E-state index >= 15 is 0 Å². The van der Waals surface area contributed by atoms with Crippen molar-refractivity contribution in [1.82, 2.24) is 5.32 Å². The van der Waals surface area contributed by atoms with Crippen molar-refractivity contribution in [3.63, 3.8) is 0 Å². The Morgan fingerprint density at radius 3 is 2.55 bits per heavy atom. The minimum absolute atomic E-state index is 0.105. The molecule has 0 atom stereocenters. The summed E-state index contributed by atoms with van der Waals surface area (Å²) in [5.74, 6) is -0.0676. The van der Waals surface area contributed by atoms with E-state index in [1.54, 1.807) is 24.3 Å². The third kappa shape index (κ3) is 7.38. The highest BCUT2D eigenvalue weighted by Gasteiger charge is 2.30. The number of amides is 1. The van der Waals surface area contributed by atoms with Crippen LogP contribution in [0.1, 0.15) is 48.5 Å². The monoisotopic (exact) mass is 424 g/mol. The number of rotatable bonds is 8. The van der Waals surface area contributed by atoms with Gasteiger partial charge in [-0.25, -0.2) is 0 Å². The maximum Gasteiger partial charge on any atom is 0.416 e. The van der Waals surface area contributed by atoms with Gasteiger partial charge in [-0.15, -0.1) is 0 Å². The second-order valence-corrected chi connectivity index (χ2v) is 6.80. The second-order valence-electron chi connectivity index (χ2n) is 6.39. The molecule has 2 aromatic carbocycles. The first-order chi connectivity index (χ1) is 13.8. The molecule has 8 heteroatoms. The lowest BCUT2D eigenvalue weighted by atomic mass is 10.2. The summed E-state index contributed by atoms with van der Waals surface area (Å²) >= 11 is 5.06. The first-order valence-electron chi connectivity index (χ1n) is 9.32. The van der Waals surface area contributed by atoms with Gasteiger partial charge in [-0.1, -0.05) is 44.4 Å². The maximum absolute atomic E-state index is 12.8. The highest BCUT2D eigenvalue weighted by Crippen LogP contribution is 2.30. The molecular weight excluding hydrogens is 401 g/mol. The lowest BCUT2D eigenvalue weighted by Gasteiger charge is -2.14. The lowest BCUT2D eigenvalue weighted by Crippen LogP contribution is -2.34. The van der Waals surface area contributed by atoms with Crippen molar-refractivity contribution in [1.29, 1.82) is 0 Å². The molecule has 0 fully saturated rings. The predicted octanol–water partition coefficient (Wildman–Crippen LogP) is 5.79. The fourth-order valence-corrected chi connectivity index (χ4v) is 2.81. The van der Waals surface area contributed by atoms with Crippen molar-refractivity contribution < 1.29 is 22.7 Å². The second kappa shape index (κ2) is 10.8. The topological polar surface area (TPSA) is 50.4 Å². The van der Waals surface area contributed by atoms with Crippen LogP contribution in [-0.4, -0.2) is 17.6 Å². The highest BCUT2D eigenvalue weighted by molar-refractivity contribution is 7.80. The van der Waals surface area contributed by atoms with E-state index in [1.165, 1.54) is 12.1 Å². The Morgan fingerprint density at radius 2 is 1.83 bits per heavy atom. The van der Waals surface area contributed by atoms with E-state index in [9.17, 15) is 18.0 Å². The number of alkyl halides is 3. The molecule has 0 radical (unpaired) electrons. The molecule has 0 unspecified atom stereocenters. The first kappa shape index (κ1) is 22.7. The molecule has 4 nitrogen and oxygen atoms in total. The fraction of sp³-hybridized carbons (Fsp3) is 0.333. The number of ether oxygens (including phenoxy) is 1. The number of para-hydroxylation sites is 1. The van der Waals surface area contributed by atoms with Gasteiger partial charge in [0.15, 0.2) is 5.11 Å². The Kier molecular flexibility index (Phi) is 8.45. The number of hydrogen-bond donors (Lipinski definition) is 2. The first-order valence-corrected chi connectivity index (χ1v) is 9.73. The van der Waals surface area contributed by atoms with E-state index < -0.39 is 17.6 Å². The molecule has 0 saturated heterocycles. The number of carbonyl (C=O) groups excluding carboxylic acids is 1. The number of nitrogens with one attached hydrogen (secondary N) is 2. The molecule has 2 rings (SSSR count). The van der Waals surface area contributed by atoms with Crippen LogP contribution in [0.25, 0.3) is 0 Å². The van der Waals surface area contributed by atoms with Gasteiger partial charge in [0.1, 0.15) is 5.75 Å².